The first-order chi connectivity index (χ1) is 9.04. The van der Waals surface area contributed by atoms with Crippen molar-refractivity contribution in [2.45, 2.75) is 12.5 Å². The molecule has 8 heteroatoms. The molecule has 1 aromatic carbocycles. The van der Waals surface area contributed by atoms with Gasteiger partial charge in [0, 0.05) is 0 Å². The van der Waals surface area contributed by atoms with Crippen LogP contribution in [0, 0.1) is 0 Å². The van der Waals surface area contributed by atoms with E-state index in [-0.39, 0.29) is 13.0 Å². The Morgan fingerprint density at radius 2 is 1.95 bits per heavy atom. The second-order valence-corrected chi connectivity index (χ2v) is 19.6. The smallest absolute Gasteiger partial charge is 0.320 e. The van der Waals surface area contributed by atoms with Gasteiger partial charge >= 0.3 is 56.5 Å². The van der Waals surface area contributed by atoms with E-state index < -0.39 is 18.7 Å². The summed E-state index contributed by atoms with van der Waals surface area (Å²) in [5.41, 5.74) is 6.19. The number of carbonyl (C=O) groups is 1. The zero-order valence-electron chi connectivity index (χ0n) is 9.86. The number of alkyl halides is 1. The predicted molar refractivity (Wildman–Crippen MR) is 85.3 cm³/mol. The first kappa shape index (κ1) is 19.6. The Balaban J connectivity index is 0.000000982. The van der Waals surface area contributed by atoms with Crippen molar-refractivity contribution >= 4 is 43.2 Å². The van der Waals surface area contributed by atoms with Crippen LogP contribution in [0.15, 0.2) is 24.3 Å². The topological polar surface area (TPSA) is 72.5 Å². The Labute approximate surface area is 141 Å². The van der Waals surface area contributed by atoms with Gasteiger partial charge in [-0.05, 0) is 24.1 Å². The minimum atomic E-state index is -1.03. The van der Waals surface area contributed by atoms with E-state index in [4.69, 9.17) is 15.6 Å². The van der Waals surface area contributed by atoms with E-state index in [0.717, 1.165) is 5.56 Å². The average molecular weight is 607 g/mol. The van der Waals surface area contributed by atoms with Gasteiger partial charge in [-0.15, -0.1) is 0 Å². The summed E-state index contributed by atoms with van der Waals surface area (Å²) in [6, 6.07) is 5.86. The van der Waals surface area contributed by atoms with Crippen LogP contribution < -0.4 is 23.7 Å². The third kappa shape index (κ3) is 10.0. The first-order valence-corrected chi connectivity index (χ1v) is 17.8. The molecule has 0 fully saturated rings. The number of halogens is 4. The fourth-order valence-corrected chi connectivity index (χ4v) is 1.22. The second kappa shape index (κ2) is 12.3. The number of aliphatic carboxylic acids is 1. The Hall–Kier alpha value is 0.570. The molecule has 0 saturated carbocycles. The van der Waals surface area contributed by atoms with Crippen molar-refractivity contribution in [2.24, 2.45) is 5.73 Å². The number of nitrogens with two attached hydrogens (primary N) is 1. The van der Waals surface area contributed by atoms with E-state index in [9.17, 15) is 9.18 Å². The number of carboxylic acid groups (broad SMARTS) is 1. The molecular formula is C11H14FI3NO3-. The fraction of sp³-hybridized carbons (Fsp3) is 0.364. The van der Waals surface area contributed by atoms with Crippen molar-refractivity contribution in [3.05, 3.63) is 29.8 Å². The van der Waals surface area contributed by atoms with Crippen LogP contribution in [0.2, 0.25) is 0 Å². The Morgan fingerprint density at radius 1 is 1.42 bits per heavy atom. The molecule has 0 aromatic heterocycles. The van der Waals surface area contributed by atoms with Gasteiger partial charge < -0.3 is 15.6 Å². The number of benzene rings is 1. The van der Waals surface area contributed by atoms with Crippen molar-refractivity contribution in [1.29, 1.82) is 0 Å². The van der Waals surface area contributed by atoms with Gasteiger partial charge in [0.25, 0.3) is 0 Å². The molecule has 0 heterocycles. The van der Waals surface area contributed by atoms with Crippen LogP contribution in [-0.2, 0) is 11.2 Å². The summed E-state index contributed by atoms with van der Waals surface area (Å²) in [5, 5.41) is 8.62. The van der Waals surface area contributed by atoms with Crippen LogP contribution in [0.25, 0.3) is 0 Å². The number of hydrogen-bond acceptors (Lipinski definition) is 3. The zero-order chi connectivity index (χ0) is 14.7. The van der Waals surface area contributed by atoms with Gasteiger partial charge in [-0.3, -0.25) is 4.79 Å². The monoisotopic (exact) mass is 607 g/mol. The largest absolute Gasteiger partial charge is 0.491 e. The van der Waals surface area contributed by atoms with Gasteiger partial charge in [0.1, 0.15) is 25.1 Å². The summed E-state index contributed by atoms with van der Waals surface area (Å²) in [6.45, 7) is -0.514. The van der Waals surface area contributed by atoms with Crippen molar-refractivity contribution in [2.75, 3.05) is 13.3 Å². The van der Waals surface area contributed by atoms with Crippen molar-refractivity contribution < 1.29 is 32.3 Å². The predicted octanol–water partition coefficient (Wildman–Crippen LogP) is -0.235. The van der Waals surface area contributed by atoms with Crippen LogP contribution in [0.4, 0.5) is 4.39 Å². The van der Waals surface area contributed by atoms with Crippen molar-refractivity contribution in [1.82, 2.24) is 0 Å². The third-order valence-electron chi connectivity index (χ3n) is 2.04. The normalized spacial score (nSPS) is 11.4. The molecule has 19 heavy (non-hydrogen) atoms. The maximum Gasteiger partial charge on any atom is 0.320 e. The molecule has 1 aromatic rings. The van der Waals surface area contributed by atoms with Crippen molar-refractivity contribution in [3.63, 3.8) is 0 Å². The quantitative estimate of drug-likeness (QED) is 0.439. The van der Waals surface area contributed by atoms with Crippen LogP contribution in [0.1, 0.15) is 5.56 Å². The Bertz CT molecular complexity index is 365. The molecule has 0 saturated heterocycles. The van der Waals surface area contributed by atoms with E-state index in [2.05, 4.69) is 37.2 Å². The van der Waals surface area contributed by atoms with E-state index in [1.807, 2.05) is 0 Å². The minimum Gasteiger partial charge on any atom is -0.491 e. The fourth-order valence-electron chi connectivity index (χ4n) is 1.22. The summed E-state index contributed by atoms with van der Waals surface area (Å²) >= 11 is 5.30. The first-order valence-electron chi connectivity index (χ1n) is 5.18. The maximum atomic E-state index is 11.8. The van der Waals surface area contributed by atoms with Crippen LogP contribution in [0.5, 0.6) is 5.75 Å². The zero-order valence-corrected chi connectivity index (χ0v) is 16.3. The molecule has 3 N–H and O–H groups in total. The van der Waals surface area contributed by atoms with Gasteiger partial charge in [0.05, 0.1) is 0 Å². The molecule has 1 rings (SSSR count). The number of ether oxygens (including phenoxy) is 1. The van der Waals surface area contributed by atoms with Crippen molar-refractivity contribution in [3.8, 4) is 5.75 Å². The number of hydrogen-bond donors (Lipinski definition) is 2. The molecule has 110 valence electrons. The molecule has 0 bridgehead atoms. The molecular weight excluding hydrogens is 593 g/mol. The van der Waals surface area contributed by atoms with E-state index in [1.165, 1.54) is 0 Å². The van der Waals surface area contributed by atoms with Gasteiger partial charge in [0.2, 0.25) is 0 Å². The third-order valence-corrected chi connectivity index (χ3v) is 2.04. The molecule has 0 aliphatic rings. The van der Waals surface area contributed by atoms with Crippen LogP contribution >= 0.6 is 37.2 Å². The Morgan fingerprint density at radius 3 is 2.37 bits per heavy atom. The van der Waals surface area contributed by atoms with Gasteiger partial charge in [-0.25, -0.2) is 4.39 Å². The summed E-state index contributed by atoms with van der Waals surface area (Å²) in [4.78, 5) is 10.5. The number of carboxylic acids is 1. The van der Waals surface area contributed by atoms with Crippen LogP contribution in [0.3, 0.4) is 0 Å². The SMILES string of the molecule is I[I-]I.N[C@H](Cc1ccc(OCC[18F])cc1)C(=O)O. The van der Waals surface area contributed by atoms with E-state index in [0.29, 0.717) is 19.0 Å². The molecule has 0 spiro atoms. The number of rotatable bonds is 6. The van der Waals surface area contributed by atoms with Gasteiger partial charge in [-0.2, -0.15) is 0 Å². The maximum absolute atomic E-state index is 11.8. The minimum absolute atomic E-state index is 0.0218. The standard InChI is InChI=1S/C11H14FNO3.I3/c12-5-6-16-9-3-1-8(2-4-9)7-10(13)11(14)15;1-3-2/h1-4,10H,5-7,13H2,(H,14,15);/q;-1/t10-;/m1./s1/i12-1;. The van der Waals surface area contributed by atoms with Gasteiger partial charge in [0.15, 0.2) is 0 Å². The molecule has 0 unspecified atom stereocenters. The average Bonchev–Trinajstić information content (AvgIpc) is 2.38. The Kier molecular flexibility index (Phi) is 12.7. The second-order valence-electron chi connectivity index (χ2n) is 3.38. The molecule has 4 nitrogen and oxygen atoms in total. The summed E-state index contributed by atoms with van der Waals surface area (Å²) < 4.78 is 16.9. The molecule has 1 atom stereocenters. The molecule has 0 aliphatic heterocycles. The van der Waals surface area contributed by atoms with Crippen LogP contribution in [-0.4, -0.2) is 30.4 Å². The molecule has 0 amide bonds. The summed E-state index contributed by atoms with van der Waals surface area (Å²) in [5.74, 6) is -0.469. The van der Waals surface area contributed by atoms with E-state index >= 15 is 0 Å². The molecule has 0 radical (unpaired) electrons. The van der Waals surface area contributed by atoms with E-state index in [1.54, 1.807) is 24.3 Å². The summed E-state index contributed by atoms with van der Waals surface area (Å²) in [6.07, 6.45) is 0.263. The molecule has 0 aliphatic carbocycles. The van der Waals surface area contributed by atoms with Gasteiger partial charge in [-0.1, -0.05) is 12.1 Å². The summed E-state index contributed by atoms with van der Waals surface area (Å²) in [7, 11) is 0.